The highest BCUT2D eigenvalue weighted by atomic mass is 32.1. The lowest BCUT2D eigenvalue weighted by Crippen LogP contribution is -2.25. The predicted molar refractivity (Wildman–Crippen MR) is 89.4 cm³/mol. The van der Waals surface area contributed by atoms with E-state index in [9.17, 15) is 9.90 Å². The molecule has 2 aromatic rings. The summed E-state index contributed by atoms with van der Waals surface area (Å²) in [6.07, 6.45) is 2.66. The van der Waals surface area contributed by atoms with Crippen molar-refractivity contribution in [1.29, 1.82) is 0 Å². The summed E-state index contributed by atoms with van der Waals surface area (Å²) in [4.78, 5) is 17.7. The number of aromatic nitrogens is 1. The van der Waals surface area contributed by atoms with Crippen molar-refractivity contribution in [2.24, 2.45) is 0 Å². The first-order valence-corrected chi connectivity index (χ1v) is 8.40. The zero-order chi connectivity index (χ0) is 15.9. The summed E-state index contributed by atoms with van der Waals surface area (Å²) >= 11 is 1.71. The lowest BCUT2D eigenvalue weighted by atomic mass is 10.1. The number of aromatic hydroxyl groups is 1. The van der Waals surface area contributed by atoms with Crippen LogP contribution in [0.15, 0.2) is 24.3 Å². The number of hydrogen-bond donors (Lipinski definition) is 2. The van der Waals surface area contributed by atoms with E-state index in [1.54, 1.807) is 23.5 Å². The Kier molecular flexibility index (Phi) is 5.95. The minimum Gasteiger partial charge on any atom is -0.508 e. The van der Waals surface area contributed by atoms with Gasteiger partial charge in [0.25, 0.3) is 0 Å². The number of para-hydroxylation sites is 1. The topological polar surface area (TPSA) is 62.2 Å². The van der Waals surface area contributed by atoms with Gasteiger partial charge in [-0.05, 0) is 31.4 Å². The van der Waals surface area contributed by atoms with Gasteiger partial charge in [-0.2, -0.15) is 0 Å². The zero-order valence-corrected chi connectivity index (χ0v) is 13.9. The summed E-state index contributed by atoms with van der Waals surface area (Å²) in [5.41, 5.74) is 1.96. The Bertz CT molecular complexity index is 637. The predicted octanol–water partition coefficient (Wildman–Crippen LogP) is 3.01. The molecule has 0 aliphatic carbocycles. The maximum absolute atomic E-state index is 11.8. The summed E-state index contributed by atoms with van der Waals surface area (Å²) in [6.45, 7) is 4.80. The summed E-state index contributed by atoms with van der Waals surface area (Å²) in [7, 11) is 0. The van der Waals surface area contributed by atoms with E-state index in [2.05, 4.69) is 24.1 Å². The Labute approximate surface area is 135 Å². The molecule has 2 N–H and O–H groups in total. The zero-order valence-electron chi connectivity index (χ0n) is 13.1. The van der Waals surface area contributed by atoms with Crippen LogP contribution in [0.5, 0.6) is 5.75 Å². The van der Waals surface area contributed by atoms with E-state index in [4.69, 9.17) is 0 Å². The van der Waals surface area contributed by atoms with Gasteiger partial charge >= 0.3 is 0 Å². The maximum atomic E-state index is 11.8. The number of aryl methyl sites for hydroxylation is 3. The first-order valence-electron chi connectivity index (χ1n) is 7.59. The first-order chi connectivity index (χ1) is 10.6. The molecule has 5 heteroatoms. The number of nitrogens with zero attached hydrogens (tertiary/aromatic N) is 1. The third kappa shape index (κ3) is 4.56. The van der Waals surface area contributed by atoms with Gasteiger partial charge in [-0.25, -0.2) is 4.98 Å². The van der Waals surface area contributed by atoms with Crippen LogP contribution in [0.1, 0.15) is 34.5 Å². The van der Waals surface area contributed by atoms with Gasteiger partial charge in [0.2, 0.25) is 5.91 Å². The van der Waals surface area contributed by atoms with Gasteiger partial charge in [0.15, 0.2) is 0 Å². The van der Waals surface area contributed by atoms with Crippen molar-refractivity contribution in [3.63, 3.8) is 0 Å². The fourth-order valence-electron chi connectivity index (χ4n) is 2.29. The van der Waals surface area contributed by atoms with Gasteiger partial charge in [0, 0.05) is 24.3 Å². The molecule has 118 valence electrons. The van der Waals surface area contributed by atoms with Crippen molar-refractivity contribution < 1.29 is 9.90 Å². The van der Waals surface area contributed by atoms with E-state index < -0.39 is 0 Å². The van der Waals surface area contributed by atoms with E-state index in [0.717, 1.165) is 29.1 Å². The molecule has 4 nitrogen and oxygen atoms in total. The molecule has 2 rings (SSSR count). The van der Waals surface area contributed by atoms with E-state index in [1.165, 1.54) is 4.88 Å². The molecule has 0 aliphatic rings. The molecular formula is C17H22N2O2S. The molecule has 1 heterocycles. The van der Waals surface area contributed by atoms with Crippen LogP contribution in [0, 0.1) is 6.92 Å². The molecule has 22 heavy (non-hydrogen) atoms. The molecule has 1 amide bonds. The minimum atomic E-state index is 0.00671. The average Bonchev–Trinajstić information content (AvgIpc) is 2.86. The van der Waals surface area contributed by atoms with Gasteiger partial charge in [-0.1, -0.05) is 25.1 Å². The molecule has 0 unspecified atom stereocenters. The van der Waals surface area contributed by atoms with Crippen LogP contribution in [0.25, 0.3) is 0 Å². The highest BCUT2D eigenvalue weighted by Crippen LogP contribution is 2.18. The van der Waals surface area contributed by atoms with E-state index in [0.29, 0.717) is 19.4 Å². The van der Waals surface area contributed by atoms with Crippen molar-refractivity contribution in [3.05, 3.63) is 45.4 Å². The van der Waals surface area contributed by atoms with Crippen LogP contribution in [0.3, 0.4) is 0 Å². The number of rotatable bonds is 7. The number of carbonyl (C=O) groups excluding carboxylic acids is 1. The van der Waals surface area contributed by atoms with Crippen LogP contribution in [-0.4, -0.2) is 22.5 Å². The summed E-state index contributed by atoms with van der Waals surface area (Å²) in [5, 5.41) is 13.7. The first kappa shape index (κ1) is 16.5. The van der Waals surface area contributed by atoms with Crippen LogP contribution in [0.4, 0.5) is 0 Å². The smallest absolute Gasteiger partial charge is 0.220 e. The Morgan fingerprint density at radius 1 is 1.32 bits per heavy atom. The maximum Gasteiger partial charge on any atom is 0.220 e. The number of carbonyl (C=O) groups is 1. The monoisotopic (exact) mass is 318 g/mol. The van der Waals surface area contributed by atoms with Gasteiger partial charge in [0.05, 0.1) is 10.7 Å². The Morgan fingerprint density at radius 3 is 2.77 bits per heavy atom. The summed E-state index contributed by atoms with van der Waals surface area (Å²) in [5.74, 6) is 0.257. The quantitative estimate of drug-likeness (QED) is 0.825. The van der Waals surface area contributed by atoms with Crippen molar-refractivity contribution in [2.45, 2.75) is 39.5 Å². The number of phenolic OH excluding ortho intramolecular Hbond substituents is 1. The Morgan fingerprint density at radius 2 is 2.09 bits per heavy atom. The number of nitrogens with one attached hydrogen (secondary N) is 1. The molecule has 0 saturated heterocycles. The number of amides is 1. The molecule has 0 bridgehead atoms. The van der Waals surface area contributed by atoms with Gasteiger partial charge in [-0.15, -0.1) is 11.3 Å². The van der Waals surface area contributed by atoms with Gasteiger partial charge < -0.3 is 10.4 Å². The highest BCUT2D eigenvalue weighted by molar-refractivity contribution is 7.11. The van der Waals surface area contributed by atoms with Crippen molar-refractivity contribution in [1.82, 2.24) is 10.3 Å². The summed E-state index contributed by atoms with van der Waals surface area (Å²) < 4.78 is 0. The van der Waals surface area contributed by atoms with E-state index >= 15 is 0 Å². The average molecular weight is 318 g/mol. The minimum absolute atomic E-state index is 0.00671. The standard InChI is InChI=1S/C17H22N2O2S/c1-3-14-12(2)22-17(19-14)10-11-18-16(21)9-8-13-6-4-5-7-15(13)20/h4-7,20H,3,8-11H2,1-2H3,(H,18,21). The molecular weight excluding hydrogens is 296 g/mol. The van der Waals surface area contributed by atoms with Gasteiger partial charge in [-0.3, -0.25) is 4.79 Å². The molecule has 1 aromatic carbocycles. The van der Waals surface area contributed by atoms with Crippen molar-refractivity contribution in [2.75, 3.05) is 6.54 Å². The van der Waals surface area contributed by atoms with Gasteiger partial charge in [0.1, 0.15) is 5.75 Å². The number of phenols is 1. The van der Waals surface area contributed by atoms with Crippen LogP contribution < -0.4 is 5.32 Å². The van der Waals surface area contributed by atoms with E-state index in [1.807, 2.05) is 12.1 Å². The second kappa shape index (κ2) is 7.94. The van der Waals surface area contributed by atoms with Crippen LogP contribution in [-0.2, 0) is 24.1 Å². The highest BCUT2D eigenvalue weighted by Gasteiger charge is 2.08. The third-order valence-electron chi connectivity index (χ3n) is 3.55. The van der Waals surface area contributed by atoms with Crippen LogP contribution in [0.2, 0.25) is 0 Å². The third-order valence-corrected chi connectivity index (χ3v) is 4.62. The fourth-order valence-corrected chi connectivity index (χ4v) is 3.31. The molecule has 0 fully saturated rings. The second-order valence-corrected chi connectivity index (χ2v) is 6.48. The molecule has 0 spiro atoms. The summed E-state index contributed by atoms with van der Waals surface area (Å²) in [6, 6.07) is 7.12. The normalized spacial score (nSPS) is 10.6. The lowest BCUT2D eigenvalue weighted by Gasteiger charge is -2.05. The van der Waals surface area contributed by atoms with E-state index in [-0.39, 0.29) is 11.7 Å². The Balaban J connectivity index is 1.72. The molecule has 0 atom stereocenters. The van der Waals surface area contributed by atoms with Crippen molar-refractivity contribution >= 4 is 17.2 Å². The second-order valence-electron chi connectivity index (χ2n) is 5.19. The van der Waals surface area contributed by atoms with Crippen molar-refractivity contribution in [3.8, 4) is 5.75 Å². The fraction of sp³-hybridized carbons (Fsp3) is 0.412. The lowest BCUT2D eigenvalue weighted by molar-refractivity contribution is -0.121. The SMILES string of the molecule is CCc1nc(CCNC(=O)CCc2ccccc2O)sc1C. The Hall–Kier alpha value is -1.88. The molecule has 0 saturated carbocycles. The number of benzene rings is 1. The molecule has 0 radical (unpaired) electrons. The van der Waals surface area contributed by atoms with Crippen LogP contribution >= 0.6 is 11.3 Å². The molecule has 1 aromatic heterocycles. The largest absolute Gasteiger partial charge is 0.508 e. The molecule has 0 aliphatic heterocycles. The number of hydrogen-bond acceptors (Lipinski definition) is 4. The number of thiazole rings is 1.